The van der Waals surface area contributed by atoms with Gasteiger partial charge in [-0.25, -0.2) is 0 Å². The second kappa shape index (κ2) is 9.03. The van der Waals surface area contributed by atoms with Crippen molar-refractivity contribution in [3.63, 3.8) is 0 Å². The lowest BCUT2D eigenvalue weighted by molar-refractivity contribution is 0.214. The second-order valence-electron chi connectivity index (χ2n) is 5.38. The van der Waals surface area contributed by atoms with Crippen LogP contribution in [0, 0.1) is 0 Å². The number of nitrogens with one attached hydrogen (secondary N) is 1. The minimum absolute atomic E-state index is 0.331. The number of hydrogen-bond donors (Lipinski definition) is 1. The summed E-state index contributed by atoms with van der Waals surface area (Å²) in [5, 5.41) is 3.33. The summed E-state index contributed by atoms with van der Waals surface area (Å²) in [6.45, 7) is 6.42. The van der Waals surface area contributed by atoms with Gasteiger partial charge < -0.3 is 14.4 Å². The smallest absolute Gasteiger partial charge is 0.357 e. The maximum atomic E-state index is 13.4. The molecule has 0 aliphatic carbocycles. The van der Waals surface area contributed by atoms with Crippen LogP contribution in [-0.4, -0.2) is 13.2 Å². The molecule has 1 N–H and O–H groups in total. The van der Waals surface area contributed by atoms with E-state index in [1.807, 2.05) is 56.3 Å². The molecular formula is C19H26NO3P. The van der Waals surface area contributed by atoms with Crippen LogP contribution in [0.25, 0.3) is 0 Å². The summed E-state index contributed by atoms with van der Waals surface area (Å²) in [7, 11) is -3.35. The van der Waals surface area contributed by atoms with Crippen LogP contribution in [0.15, 0.2) is 54.6 Å². The molecule has 0 saturated carbocycles. The van der Waals surface area contributed by atoms with Crippen LogP contribution in [0.5, 0.6) is 0 Å². The molecule has 0 amide bonds. The van der Waals surface area contributed by atoms with Crippen LogP contribution in [0.3, 0.4) is 0 Å². The predicted molar refractivity (Wildman–Crippen MR) is 99.5 cm³/mol. The normalized spacial score (nSPS) is 12.8. The van der Waals surface area contributed by atoms with E-state index in [0.717, 1.165) is 17.7 Å². The molecule has 0 bridgehead atoms. The fraction of sp³-hybridized carbons (Fsp3) is 0.368. The second-order valence-corrected chi connectivity index (χ2v) is 7.50. The van der Waals surface area contributed by atoms with E-state index >= 15 is 0 Å². The predicted octanol–water partition coefficient (Wildman–Crippen LogP) is 5.63. The molecule has 5 heteroatoms. The van der Waals surface area contributed by atoms with Crippen molar-refractivity contribution in [3.8, 4) is 0 Å². The lowest BCUT2D eigenvalue weighted by Crippen LogP contribution is -2.15. The molecule has 0 fully saturated rings. The first-order chi connectivity index (χ1) is 11.6. The summed E-state index contributed by atoms with van der Waals surface area (Å²) in [6.07, 6.45) is 0.964. The van der Waals surface area contributed by atoms with Gasteiger partial charge in [-0.3, -0.25) is 4.57 Å². The molecule has 1 atom stereocenters. The maximum Gasteiger partial charge on any atom is 0.357 e. The SMILES string of the molecule is CCOP(=O)(OCC)[C@@H](Nc1ccccc1)c1ccc(CC)cc1. The molecule has 0 heterocycles. The monoisotopic (exact) mass is 347 g/mol. The number of aryl methyl sites for hydroxylation is 1. The fourth-order valence-electron chi connectivity index (χ4n) is 2.52. The van der Waals surface area contributed by atoms with E-state index in [1.165, 1.54) is 5.56 Å². The Labute approximate surface area is 144 Å². The molecule has 0 aliphatic rings. The quantitative estimate of drug-likeness (QED) is 0.598. The summed E-state index contributed by atoms with van der Waals surface area (Å²) in [5.41, 5.74) is 3.00. The lowest BCUT2D eigenvalue weighted by atomic mass is 10.1. The Bertz CT molecular complexity index is 648. The third kappa shape index (κ3) is 4.70. The van der Waals surface area contributed by atoms with Crippen molar-refractivity contribution in [2.24, 2.45) is 0 Å². The Morgan fingerprint density at radius 3 is 2.00 bits per heavy atom. The highest BCUT2D eigenvalue weighted by atomic mass is 31.2. The van der Waals surface area contributed by atoms with Gasteiger partial charge in [-0.1, -0.05) is 49.4 Å². The average molecular weight is 347 g/mol. The topological polar surface area (TPSA) is 47.6 Å². The zero-order chi connectivity index (χ0) is 17.4. The minimum Gasteiger partial charge on any atom is -0.368 e. The molecule has 0 unspecified atom stereocenters. The molecule has 0 saturated heterocycles. The van der Waals surface area contributed by atoms with Gasteiger partial charge in [0.1, 0.15) is 0 Å². The lowest BCUT2D eigenvalue weighted by Gasteiger charge is -2.28. The van der Waals surface area contributed by atoms with Crippen LogP contribution in [0.1, 0.15) is 37.7 Å². The van der Waals surface area contributed by atoms with Gasteiger partial charge >= 0.3 is 7.60 Å². The van der Waals surface area contributed by atoms with Gasteiger partial charge in [-0.05, 0) is 43.5 Å². The molecule has 2 aromatic carbocycles. The number of benzene rings is 2. The first kappa shape index (κ1) is 18.7. The summed E-state index contributed by atoms with van der Waals surface area (Å²) in [4.78, 5) is 0. The number of para-hydroxylation sites is 1. The van der Waals surface area contributed by atoms with Gasteiger partial charge in [0.25, 0.3) is 0 Å². The van der Waals surface area contributed by atoms with Gasteiger partial charge in [0.2, 0.25) is 0 Å². The van der Waals surface area contributed by atoms with Crippen LogP contribution < -0.4 is 5.32 Å². The summed E-state index contributed by atoms with van der Waals surface area (Å²) in [6, 6.07) is 17.8. The number of anilines is 1. The first-order valence-electron chi connectivity index (χ1n) is 8.42. The van der Waals surface area contributed by atoms with Gasteiger partial charge in [0.15, 0.2) is 5.78 Å². The largest absolute Gasteiger partial charge is 0.368 e. The van der Waals surface area contributed by atoms with Gasteiger partial charge in [0, 0.05) is 5.69 Å². The Morgan fingerprint density at radius 1 is 0.917 bits per heavy atom. The van der Waals surface area contributed by atoms with Crippen molar-refractivity contribution in [1.29, 1.82) is 0 Å². The van der Waals surface area contributed by atoms with E-state index in [-0.39, 0.29) is 0 Å². The van der Waals surface area contributed by atoms with Gasteiger partial charge in [-0.2, -0.15) is 0 Å². The molecule has 130 valence electrons. The molecule has 0 spiro atoms. The van der Waals surface area contributed by atoms with Crippen molar-refractivity contribution < 1.29 is 13.6 Å². The van der Waals surface area contributed by atoms with E-state index in [1.54, 1.807) is 0 Å². The minimum atomic E-state index is -3.35. The highest BCUT2D eigenvalue weighted by molar-refractivity contribution is 7.54. The molecular weight excluding hydrogens is 321 g/mol. The van der Waals surface area contributed by atoms with Crippen LogP contribution in [-0.2, 0) is 20.0 Å². The molecule has 0 radical (unpaired) electrons. The number of hydrogen-bond acceptors (Lipinski definition) is 4. The number of rotatable bonds is 9. The van der Waals surface area contributed by atoms with Crippen molar-refractivity contribution in [1.82, 2.24) is 0 Å². The van der Waals surface area contributed by atoms with E-state index < -0.39 is 13.4 Å². The van der Waals surface area contributed by atoms with Crippen molar-refractivity contribution in [3.05, 3.63) is 65.7 Å². The maximum absolute atomic E-state index is 13.4. The zero-order valence-electron chi connectivity index (χ0n) is 14.6. The standard InChI is InChI=1S/C19H26NO3P/c1-4-16-12-14-17(15-13-16)19(20-18-10-8-7-9-11-18)24(21,22-5-2)23-6-3/h7-15,19-20H,4-6H2,1-3H3/t19-/m1/s1. The molecule has 0 aliphatic heterocycles. The third-order valence-electron chi connectivity index (χ3n) is 3.72. The van der Waals surface area contributed by atoms with E-state index in [4.69, 9.17) is 9.05 Å². The van der Waals surface area contributed by atoms with Crippen LogP contribution in [0.4, 0.5) is 5.69 Å². The fourth-order valence-corrected chi connectivity index (χ4v) is 4.46. The van der Waals surface area contributed by atoms with E-state index in [0.29, 0.717) is 13.2 Å². The van der Waals surface area contributed by atoms with Crippen LogP contribution in [0.2, 0.25) is 0 Å². The van der Waals surface area contributed by atoms with E-state index in [2.05, 4.69) is 24.4 Å². The average Bonchev–Trinajstić information content (AvgIpc) is 2.61. The van der Waals surface area contributed by atoms with Crippen molar-refractivity contribution in [2.45, 2.75) is 33.0 Å². The summed E-state index contributed by atoms with van der Waals surface area (Å²) < 4.78 is 24.5. The Kier molecular flexibility index (Phi) is 7.04. The first-order valence-corrected chi connectivity index (χ1v) is 10.0. The summed E-state index contributed by atoms with van der Waals surface area (Å²) >= 11 is 0. The van der Waals surface area contributed by atoms with E-state index in [9.17, 15) is 4.57 Å². The molecule has 2 rings (SSSR count). The Morgan fingerprint density at radius 2 is 1.50 bits per heavy atom. The molecule has 4 nitrogen and oxygen atoms in total. The highest BCUT2D eigenvalue weighted by Gasteiger charge is 2.37. The molecule has 2 aromatic rings. The Hall–Kier alpha value is -1.61. The third-order valence-corrected chi connectivity index (χ3v) is 6.01. The Balaban J connectivity index is 2.40. The molecule has 24 heavy (non-hydrogen) atoms. The van der Waals surface area contributed by atoms with Gasteiger partial charge in [0.05, 0.1) is 13.2 Å². The highest BCUT2D eigenvalue weighted by Crippen LogP contribution is 2.60. The summed E-state index contributed by atoms with van der Waals surface area (Å²) in [5.74, 6) is -0.550. The zero-order valence-corrected chi connectivity index (χ0v) is 15.5. The molecule has 0 aromatic heterocycles. The van der Waals surface area contributed by atoms with Crippen LogP contribution >= 0.6 is 7.60 Å². The van der Waals surface area contributed by atoms with Crippen molar-refractivity contribution in [2.75, 3.05) is 18.5 Å². The van der Waals surface area contributed by atoms with Gasteiger partial charge in [-0.15, -0.1) is 0 Å². The van der Waals surface area contributed by atoms with Crippen molar-refractivity contribution >= 4 is 13.3 Å².